The molecular formula is C16H31N3O6S. The largest absolute Gasteiger partial charge is 0.464 e. The third kappa shape index (κ3) is 8.70. The number of unbranched alkanes of at least 4 members (excludes halogenated alkanes) is 1. The lowest BCUT2D eigenvalue weighted by Gasteiger charge is -2.26. The number of thioether (sulfide) groups is 1. The van der Waals surface area contributed by atoms with Crippen molar-refractivity contribution >= 4 is 23.6 Å². The lowest BCUT2D eigenvalue weighted by Crippen LogP contribution is -2.44. The lowest BCUT2D eigenvalue weighted by molar-refractivity contribution is -0.757. The van der Waals surface area contributed by atoms with Crippen molar-refractivity contribution in [1.82, 2.24) is 4.90 Å². The molecule has 0 saturated carbocycles. The van der Waals surface area contributed by atoms with Crippen LogP contribution in [-0.2, 0) is 19.2 Å². The summed E-state index contributed by atoms with van der Waals surface area (Å²) in [6, 6.07) is -0.524. The van der Waals surface area contributed by atoms with Crippen LogP contribution in [-0.4, -0.2) is 65.7 Å². The molecule has 152 valence electrons. The number of likely N-dealkylation sites (tertiary alicyclic amines) is 1. The van der Waals surface area contributed by atoms with Crippen LogP contribution in [0.3, 0.4) is 0 Å². The van der Waals surface area contributed by atoms with Gasteiger partial charge in [-0.25, -0.2) is 4.79 Å². The van der Waals surface area contributed by atoms with Gasteiger partial charge in [0.05, 0.1) is 13.2 Å². The number of amides is 1. The molecule has 0 radical (unpaired) electrons. The van der Waals surface area contributed by atoms with E-state index in [-0.39, 0.29) is 32.5 Å². The first-order valence-corrected chi connectivity index (χ1v) is 9.65. The van der Waals surface area contributed by atoms with E-state index in [0.29, 0.717) is 38.1 Å². The van der Waals surface area contributed by atoms with Crippen LogP contribution in [0.4, 0.5) is 0 Å². The van der Waals surface area contributed by atoms with E-state index >= 15 is 0 Å². The van der Waals surface area contributed by atoms with E-state index in [9.17, 15) is 19.7 Å². The molecule has 26 heavy (non-hydrogen) atoms. The Hall–Kier alpha value is -1.55. The third-order valence-corrected chi connectivity index (χ3v) is 5.10. The predicted molar refractivity (Wildman–Crippen MR) is 100 cm³/mol. The molecule has 1 aliphatic rings. The molecule has 0 bridgehead atoms. The minimum absolute atomic E-state index is 0. The number of hydrogen-bond donors (Lipinski definition) is 1. The maximum Gasteiger partial charge on any atom is 0.328 e. The number of nitrogens with zero attached hydrogens (tertiary/aromatic N) is 2. The van der Waals surface area contributed by atoms with Crippen LogP contribution in [0.25, 0.3) is 0 Å². The number of hydrogen-bond acceptors (Lipinski definition) is 8. The van der Waals surface area contributed by atoms with E-state index in [1.165, 1.54) is 0 Å². The first kappa shape index (κ1) is 24.5. The number of rotatable bonds is 12. The number of carbonyl (C=O) groups excluding carboxylic acids is 2. The molecule has 1 rings (SSSR count). The Kier molecular flexibility index (Phi) is 12.8. The Morgan fingerprint density at radius 1 is 1.38 bits per heavy atom. The Labute approximate surface area is 159 Å². The molecule has 0 unspecified atom stereocenters. The molecule has 1 heterocycles. The maximum atomic E-state index is 12.5. The summed E-state index contributed by atoms with van der Waals surface area (Å²) < 4.78 is 5.21. The number of nitrogens with two attached hydrogens (primary N) is 1. The average molecular weight is 394 g/mol. The highest BCUT2D eigenvalue weighted by Gasteiger charge is 2.36. The van der Waals surface area contributed by atoms with Crippen molar-refractivity contribution < 1.29 is 24.3 Å². The van der Waals surface area contributed by atoms with Gasteiger partial charge < -0.3 is 20.2 Å². The van der Waals surface area contributed by atoms with Gasteiger partial charge in [-0.15, -0.1) is 10.1 Å². The fraction of sp³-hybridized carbons (Fsp3) is 0.875. The summed E-state index contributed by atoms with van der Waals surface area (Å²) in [5, 5.41) is 9.16. The highest BCUT2D eigenvalue weighted by Crippen LogP contribution is 2.22. The Balaban J connectivity index is 0.00000625. The normalized spacial score (nSPS) is 17.3. The van der Waals surface area contributed by atoms with E-state index in [4.69, 9.17) is 10.5 Å². The second-order valence-electron chi connectivity index (χ2n) is 5.89. The molecule has 2 N–H and O–H groups in total. The molecule has 2 atom stereocenters. The summed E-state index contributed by atoms with van der Waals surface area (Å²) in [6.07, 6.45) is 2.30. The summed E-state index contributed by atoms with van der Waals surface area (Å²) >= 11 is 1.63. The molecule has 1 aliphatic heterocycles. The SMILES string of the molecule is C.C[C@H](CSCCN)C(=O)N1CCC[C@H]1C(=O)OCCCCO[N+](=O)[O-]. The molecule has 0 aromatic heterocycles. The molecule has 0 aromatic carbocycles. The fourth-order valence-corrected chi connectivity index (χ4v) is 3.41. The van der Waals surface area contributed by atoms with Gasteiger partial charge in [-0.1, -0.05) is 14.4 Å². The molecule has 10 heteroatoms. The van der Waals surface area contributed by atoms with Crippen LogP contribution >= 0.6 is 11.8 Å². The second kappa shape index (κ2) is 13.6. The zero-order valence-electron chi connectivity index (χ0n) is 14.6. The van der Waals surface area contributed by atoms with Gasteiger partial charge in [-0.3, -0.25) is 4.79 Å². The molecule has 0 aromatic rings. The van der Waals surface area contributed by atoms with Gasteiger partial charge in [0.15, 0.2) is 0 Å². The molecule has 9 nitrogen and oxygen atoms in total. The summed E-state index contributed by atoms with van der Waals surface area (Å²) in [6.45, 7) is 3.16. The van der Waals surface area contributed by atoms with Gasteiger partial charge >= 0.3 is 5.97 Å². The van der Waals surface area contributed by atoms with Crippen LogP contribution < -0.4 is 5.73 Å². The molecular weight excluding hydrogens is 362 g/mol. The van der Waals surface area contributed by atoms with E-state index in [1.807, 2.05) is 6.92 Å². The van der Waals surface area contributed by atoms with Crippen molar-refractivity contribution in [3.63, 3.8) is 0 Å². The average Bonchev–Trinajstić information content (AvgIpc) is 3.06. The van der Waals surface area contributed by atoms with Crippen molar-refractivity contribution in [1.29, 1.82) is 0 Å². The Morgan fingerprint density at radius 3 is 2.73 bits per heavy atom. The molecule has 1 fully saturated rings. The highest BCUT2D eigenvalue weighted by atomic mass is 32.2. The molecule has 1 saturated heterocycles. The number of carbonyl (C=O) groups is 2. The summed E-state index contributed by atoms with van der Waals surface area (Å²) in [5.74, 6) is 0.906. The van der Waals surface area contributed by atoms with E-state index in [2.05, 4.69) is 4.84 Å². The lowest BCUT2D eigenvalue weighted by atomic mass is 10.1. The molecule has 0 spiro atoms. The van der Waals surface area contributed by atoms with Gasteiger partial charge in [0.2, 0.25) is 5.91 Å². The minimum atomic E-state index is -0.846. The summed E-state index contributed by atoms with van der Waals surface area (Å²) in [5.41, 5.74) is 5.45. The maximum absolute atomic E-state index is 12.5. The first-order chi connectivity index (χ1) is 12.0. The van der Waals surface area contributed by atoms with Crippen LogP contribution in [0, 0.1) is 16.0 Å². The second-order valence-corrected chi connectivity index (χ2v) is 7.04. The van der Waals surface area contributed by atoms with Gasteiger partial charge in [-0.05, 0) is 25.7 Å². The van der Waals surface area contributed by atoms with Crippen molar-refractivity contribution in [2.45, 2.75) is 46.1 Å². The number of esters is 1. The van der Waals surface area contributed by atoms with Crippen LogP contribution in [0.1, 0.15) is 40.0 Å². The fourth-order valence-electron chi connectivity index (χ4n) is 2.59. The Bertz CT molecular complexity index is 452. The summed E-state index contributed by atoms with van der Waals surface area (Å²) in [4.78, 5) is 40.5. The van der Waals surface area contributed by atoms with Crippen molar-refractivity contribution in [3.8, 4) is 0 Å². The van der Waals surface area contributed by atoms with Gasteiger partial charge in [0.1, 0.15) is 6.04 Å². The predicted octanol–water partition coefficient (Wildman–Crippen LogP) is 1.47. The van der Waals surface area contributed by atoms with E-state index in [1.54, 1.807) is 16.7 Å². The number of ether oxygens (including phenoxy) is 1. The third-order valence-electron chi connectivity index (χ3n) is 3.84. The Morgan fingerprint density at radius 2 is 2.08 bits per heavy atom. The smallest absolute Gasteiger partial charge is 0.328 e. The van der Waals surface area contributed by atoms with E-state index < -0.39 is 17.1 Å². The van der Waals surface area contributed by atoms with Crippen molar-refractivity contribution in [2.24, 2.45) is 11.7 Å². The van der Waals surface area contributed by atoms with Crippen molar-refractivity contribution in [3.05, 3.63) is 10.1 Å². The zero-order chi connectivity index (χ0) is 18.7. The van der Waals surface area contributed by atoms with Crippen LogP contribution in [0.15, 0.2) is 0 Å². The highest BCUT2D eigenvalue weighted by molar-refractivity contribution is 7.99. The topological polar surface area (TPSA) is 125 Å². The van der Waals surface area contributed by atoms with Crippen LogP contribution in [0.2, 0.25) is 0 Å². The molecule has 1 amide bonds. The first-order valence-electron chi connectivity index (χ1n) is 8.49. The monoisotopic (exact) mass is 393 g/mol. The quantitative estimate of drug-likeness (QED) is 0.229. The van der Waals surface area contributed by atoms with Crippen LogP contribution in [0.5, 0.6) is 0 Å². The van der Waals surface area contributed by atoms with Gasteiger partial charge in [0, 0.05) is 30.5 Å². The van der Waals surface area contributed by atoms with Gasteiger partial charge in [0.25, 0.3) is 5.09 Å². The zero-order valence-corrected chi connectivity index (χ0v) is 15.4. The van der Waals surface area contributed by atoms with Gasteiger partial charge in [-0.2, -0.15) is 11.8 Å². The van der Waals surface area contributed by atoms with E-state index in [0.717, 1.165) is 12.2 Å². The summed E-state index contributed by atoms with van der Waals surface area (Å²) in [7, 11) is 0. The molecule has 0 aliphatic carbocycles. The standard InChI is InChI=1S/C15H27N3O6S.CH4/c1-12(11-25-10-6-16)14(19)17-7-4-5-13(17)15(20)23-8-2-3-9-24-18(21)22;/h12-13H,2-11,16H2,1H3;1H4/t12-,13+;/m1./s1. The van der Waals surface area contributed by atoms with Crippen molar-refractivity contribution in [2.75, 3.05) is 37.8 Å². The minimum Gasteiger partial charge on any atom is -0.464 e.